The molecule has 9 nitrogen and oxygen atoms in total. The van der Waals surface area contributed by atoms with E-state index in [2.05, 4.69) is 38.2 Å². The molecule has 0 saturated heterocycles. The fourth-order valence-corrected chi connectivity index (χ4v) is 5.95. The van der Waals surface area contributed by atoms with Gasteiger partial charge in [-0.25, -0.2) is 0 Å². The number of hydrogen-bond donors (Lipinski definition) is 0. The van der Waals surface area contributed by atoms with Gasteiger partial charge in [0, 0.05) is 12.8 Å². The van der Waals surface area contributed by atoms with E-state index in [1.807, 2.05) is 21.1 Å². The Bertz CT molecular complexity index is 918. The number of rotatable bonds is 36. The predicted octanol–water partition coefficient (Wildman–Crippen LogP) is 10.2. The van der Waals surface area contributed by atoms with Gasteiger partial charge in [0.25, 0.3) is 7.82 Å². The normalized spacial score (nSPS) is 14.0. The van der Waals surface area contributed by atoms with Gasteiger partial charge < -0.3 is 27.9 Å². The number of likely N-dealkylation sites (N-methyl/N-ethyl adjacent to an activating group) is 1. The van der Waals surface area contributed by atoms with Crippen molar-refractivity contribution in [1.82, 2.24) is 0 Å². The van der Waals surface area contributed by atoms with Crippen LogP contribution in [-0.4, -0.2) is 70.0 Å². The molecule has 0 saturated carbocycles. The number of ether oxygens (including phenoxy) is 2. The van der Waals surface area contributed by atoms with Gasteiger partial charge in [-0.15, -0.1) is 0 Å². The Morgan fingerprint density at radius 3 is 1.54 bits per heavy atom. The van der Waals surface area contributed by atoms with E-state index >= 15 is 0 Å². The first-order valence-electron chi connectivity index (χ1n) is 20.0. The third kappa shape index (κ3) is 36.3. The molecule has 0 aromatic heterocycles. The minimum Gasteiger partial charge on any atom is -0.756 e. The third-order valence-corrected chi connectivity index (χ3v) is 9.41. The number of carbonyl (C=O) groups is 2. The van der Waals surface area contributed by atoms with Crippen molar-refractivity contribution in [2.45, 2.75) is 174 Å². The monoisotopic (exact) mass is 730 g/mol. The Labute approximate surface area is 307 Å². The molecule has 0 rings (SSSR count). The maximum Gasteiger partial charge on any atom is 0.306 e. The highest BCUT2D eigenvalue weighted by molar-refractivity contribution is 7.45. The fraction of sp³-hybridized carbons (Fsp3) is 0.850. The predicted molar refractivity (Wildman–Crippen MR) is 204 cm³/mol. The number of phosphoric acid groups is 1. The molecule has 294 valence electrons. The first kappa shape index (κ1) is 48.5. The van der Waals surface area contributed by atoms with E-state index < -0.39 is 32.5 Å². The minimum absolute atomic E-state index is 0.0321. The van der Waals surface area contributed by atoms with Crippen molar-refractivity contribution in [2.75, 3.05) is 47.5 Å². The number of allylic oxidation sites excluding steroid dienone is 4. The molecule has 2 atom stereocenters. The number of carbonyl (C=O) groups excluding carboxylic acids is 2. The maximum absolute atomic E-state index is 12.6. The second-order valence-corrected chi connectivity index (χ2v) is 16.1. The van der Waals surface area contributed by atoms with Crippen molar-refractivity contribution in [1.29, 1.82) is 0 Å². The molecule has 0 heterocycles. The highest BCUT2D eigenvalue weighted by Gasteiger charge is 2.21. The summed E-state index contributed by atoms with van der Waals surface area (Å²) >= 11 is 0. The summed E-state index contributed by atoms with van der Waals surface area (Å²) in [5, 5.41) is 0. The van der Waals surface area contributed by atoms with Gasteiger partial charge in [-0.1, -0.05) is 122 Å². The first-order valence-corrected chi connectivity index (χ1v) is 21.5. The molecule has 0 bridgehead atoms. The van der Waals surface area contributed by atoms with Crippen LogP contribution < -0.4 is 4.89 Å². The van der Waals surface area contributed by atoms with Crippen molar-refractivity contribution in [2.24, 2.45) is 0 Å². The lowest BCUT2D eigenvalue weighted by Gasteiger charge is -2.28. The van der Waals surface area contributed by atoms with Crippen molar-refractivity contribution in [3.05, 3.63) is 24.3 Å². The van der Waals surface area contributed by atoms with Crippen LogP contribution in [0.3, 0.4) is 0 Å². The number of esters is 2. The van der Waals surface area contributed by atoms with Gasteiger partial charge in [0.05, 0.1) is 27.7 Å². The second kappa shape index (κ2) is 33.3. The molecule has 0 radical (unpaired) electrons. The van der Waals surface area contributed by atoms with E-state index in [-0.39, 0.29) is 26.1 Å². The Hall–Kier alpha value is -1.51. The smallest absolute Gasteiger partial charge is 0.306 e. The molecule has 0 aliphatic rings. The van der Waals surface area contributed by atoms with Crippen LogP contribution in [0.15, 0.2) is 24.3 Å². The SMILES string of the molecule is CCCC/C=C\CCCCCCCC(=O)OC[C@H](COP(=O)([O-])OCC[N+](C)(C)C)OC(=O)CCCCCCCCC/C=C\CCCCCC. The number of hydrogen-bond acceptors (Lipinski definition) is 8. The summed E-state index contributed by atoms with van der Waals surface area (Å²) in [5.74, 6) is -0.851. The molecule has 10 heteroatoms. The molecule has 0 aliphatic carbocycles. The molecule has 50 heavy (non-hydrogen) atoms. The van der Waals surface area contributed by atoms with Crippen molar-refractivity contribution >= 4 is 19.8 Å². The summed E-state index contributed by atoms with van der Waals surface area (Å²) < 4.78 is 33.8. The van der Waals surface area contributed by atoms with Crippen LogP contribution in [0.5, 0.6) is 0 Å². The van der Waals surface area contributed by atoms with Crippen molar-refractivity contribution in [3.8, 4) is 0 Å². The van der Waals surface area contributed by atoms with Crippen molar-refractivity contribution in [3.63, 3.8) is 0 Å². The lowest BCUT2D eigenvalue weighted by atomic mass is 10.1. The van der Waals surface area contributed by atoms with Crippen LogP contribution in [0, 0.1) is 0 Å². The summed E-state index contributed by atoms with van der Waals surface area (Å²) in [6.07, 6.45) is 33.4. The molecule has 0 fully saturated rings. The summed E-state index contributed by atoms with van der Waals surface area (Å²) in [7, 11) is 1.16. The Morgan fingerprint density at radius 2 is 1.04 bits per heavy atom. The third-order valence-electron chi connectivity index (χ3n) is 8.44. The van der Waals surface area contributed by atoms with Crippen LogP contribution in [0.25, 0.3) is 0 Å². The lowest BCUT2D eigenvalue weighted by molar-refractivity contribution is -0.870. The highest BCUT2D eigenvalue weighted by atomic mass is 31.2. The van der Waals surface area contributed by atoms with E-state index in [4.69, 9.17) is 18.5 Å². The topological polar surface area (TPSA) is 111 Å². The summed E-state index contributed by atoms with van der Waals surface area (Å²) in [4.78, 5) is 37.3. The quantitative estimate of drug-likeness (QED) is 0.0206. The summed E-state index contributed by atoms with van der Waals surface area (Å²) in [5.41, 5.74) is 0. The van der Waals surface area contributed by atoms with Gasteiger partial charge in [0.2, 0.25) is 0 Å². The van der Waals surface area contributed by atoms with Crippen molar-refractivity contribution < 1.29 is 42.1 Å². The zero-order chi connectivity index (χ0) is 37.2. The number of phosphoric ester groups is 1. The Balaban J connectivity index is 4.42. The van der Waals surface area contributed by atoms with E-state index in [0.717, 1.165) is 70.6 Å². The fourth-order valence-electron chi connectivity index (χ4n) is 5.22. The van der Waals surface area contributed by atoms with Crippen LogP contribution in [0.4, 0.5) is 0 Å². The second-order valence-electron chi connectivity index (χ2n) is 14.6. The maximum atomic E-state index is 12.6. The first-order chi connectivity index (χ1) is 24.0. The van der Waals surface area contributed by atoms with E-state index in [9.17, 15) is 19.0 Å². The number of quaternary nitrogens is 1. The van der Waals surface area contributed by atoms with Crippen LogP contribution in [-0.2, 0) is 32.7 Å². The minimum atomic E-state index is -4.62. The zero-order valence-electron chi connectivity index (χ0n) is 32.8. The van der Waals surface area contributed by atoms with Gasteiger partial charge in [0.15, 0.2) is 6.10 Å². The van der Waals surface area contributed by atoms with E-state index in [1.54, 1.807) is 0 Å². The van der Waals surface area contributed by atoms with Gasteiger partial charge in [-0.05, 0) is 57.8 Å². The summed E-state index contributed by atoms with van der Waals surface area (Å²) in [6.45, 7) is 4.15. The van der Waals surface area contributed by atoms with E-state index in [1.165, 1.54) is 64.2 Å². The number of nitrogens with zero attached hydrogens (tertiary/aromatic N) is 1. The average molecular weight is 730 g/mol. The summed E-state index contributed by atoms with van der Waals surface area (Å²) in [6, 6.07) is 0. The number of unbranched alkanes of at least 4 members (excludes halogenated alkanes) is 18. The average Bonchev–Trinajstić information content (AvgIpc) is 3.06. The standard InChI is InChI=1S/C40H76NO8P/c1-6-8-10-12-14-16-18-19-20-21-23-25-27-29-31-33-40(43)49-38(37-48-50(44,45)47-35-34-41(3,4)5)36-46-39(42)32-30-28-26-24-22-17-15-13-11-9-7-2/h13,15-16,18,38H,6-12,14,17,19-37H2,1-5H3/b15-13-,18-16-/t38-/m1/s1. The molecular formula is C40H76NO8P. The van der Waals surface area contributed by atoms with Gasteiger partial charge in [0.1, 0.15) is 19.8 Å². The molecule has 0 aliphatic heterocycles. The molecule has 0 aromatic carbocycles. The van der Waals surface area contributed by atoms with Crippen LogP contribution in [0.1, 0.15) is 168 Å². The molecule has 0 spiro atoms. The van der Waals surface area contributed by atoms with Crippen LogP contribution in [0.2, 0.25) is 0 Å². The molecule has 0 N–H and O–H groups in total. The molecule has 0 aromatic rings. The Morgan fingerprint density at radius 1 is 0.600 bits per heavy atom. The van der Waals surface area contributed by atoms with Gasteiger partial charge in [-0.3, -0.25) is 14.2 Å². The Kier molecular flexibility index (Phi) is 32.3. The molecular weight excluding hydrogens is 653 g/mol. The lowest BCUT2D eigenvalue weighted by Crippen LogP contribution is -2.37. The highest BCUT2D eigenvalue weighted by Crippen LogP contribution is 2.38. The van der Waals surface area contributed by atoms with E-state index in [0.29, 0.717) is 17.4 Å². The van der Waals surface area contributed by atoms with Gasteiger partial charge in [-0.2, -0.15) is 0 Å². The molecule has 1 unspecified atom stereocenters. The zero-order valence-corrected chi connectivity index (χ0v) is 33.7. The molecule has 0 amide bonds. The van der Waals surface area contributed by atoms with Crippen LogP contribution >= 0.6 is 7.82 Å². The van der Waals surface area contributed by atoms with Gasteiger partial charge >= 0.3 is 11.9 Å². The largest absolute Gasteiger partial charge is 0.756 e.